The van der Waals surface area contributed by atoms with Crippen LogP contribution in [0, 0.1) is 0 Å². The molecule has 22 heavy (non-hydrogen) atoms. The van der Waals surface area contributed by atoms with Crippen LogP contribution in [0.1, 0.15) is 10.4 Å². The maximum Gasteiger partial charge on any atom is 0.259 e. The van der Waals surface area contributed by atoms with Gasteiger partial charge < -0.3 is 19.5 Å². The highest BCUT2D eigenvalue weighted by molar-refractivity contribution is 9.10. The van der Waals surface area contributed by atoms with Crippen LogP contribution in [0.5, 0.6) is 17.2 Å². The molecule has 0 aromatic heterocycles. The quantitative estimate of drug-likeness (QED) is 0.876. The van der Waals surface area contributed by atoms with Gasteiger partial charge in [0.2, 0.25) is 0 Å². The van der Waals surface area contributed by atoms with Gasteiger partial charge in [0, 0.05) is 16.6 Å². The van der Waals surface area contributed by atoms with Gasteiger partial charge in [-0.3, -0.25) is 4.79 Å². The monoisotopic (exact) mass is 365 g/mol. The molecule has 0 unspecified atom stereocenters. The Kier molecular flexibility index (Phi) is 5.27. The topological polar surface area (TPSA) is 56.8 Å². The molecule has 6 heteroatoms. The minimum atomic E-state index is -0.301. The van der Waals surface area contributed by atoms with Crippen molar-refractivity contribution in [2.45, 2.75) is 0 Å². The van der Waals surface area contributed by atoms with E-state index in [4.69, 9.17) is 14.2 Å². The zero-order valence-corrected chi connectivity index (χ0v) is 14.1. The Labute approximate surface area is 137 Å². The summed E-state index contributed by atoms with van der Waals surface area (Å²) in [5.41, 5.74) is 1.03. The van der Waals surface area contributed by atoms with Crippen molar-refractivity contribution in [1.29, 1.82) is 0 Å². The van der Waals surface area contributed by atoms with E-state index in [1.807, 2.05) is 18.2 Å². The van der Waals surface area contributed by atoms with Gasteiger partial charge in [-0.15, -0.1) is 0 Å². The Morgan fingerprint density at radius 2 is 1.55 bits per heavy atom. The minimum absolute atomic E-state index is 0.301. The number of ether oxygens (including phenoxy) is 3. The molecule has 1 N–H and O–H groups in total. The van der Waals surface area contributed by atoms with E-state index in [-0.39, 0.29) is 5.91 Å². The second kappa shape index (κ2) is 7.17. The lowest BCUT2D eigenvalue weighted by Gasteiger charge is -2.14. The maximum atomic E-state index is 12.5. The average molecular weight is 366 g/mol. The number of methoxy groups -OCH3 is 3. The smallest absolute Gasteiger partial charge is 0.259 e. The molecule has 2 aromatic rings. The molecule has 2 aromatic carbocycles. The Morgan fingerprint density at radius 3 is 2.14 bits per heavy atom. The Bertz CT molecular complexity index is 688. The first kappa shape index (κ1) is 16.2. The zero-order valence-electron chi connectivity index (χ0n) is 12.5. The molecule has 0 aliphatic rings. The molecule has 0 saturated heterocycles. The summed E-state index contributed by atoms with van der Waals surface area (Å²) >= 11 is 3.39. The van der Waals surface area contributed by atoms with Crippen molar-refractivity contribution >= 4 is 27.5 Å². The molecule has 5 nitrogen and oxygen atoms in total. The molecule has 0 aliphatic heterocycles. The molecule has 2 rings (SSSR count). The number of benzene rings is 2. The van der Waals surface area contributed by atoms with Gasteiger partial charge in [-0.1, -0.05) is 12.1 Å². The van der Waals surface area contributed by atoms with Gasteiger partial charge in [-0.25, -0.2) is 0 Å². The first-order chi connectivity index (χ1) is 10.6. The number of carbonyl (C=O) groups is 1. The number of para-hydroxylation sites is 1. The third-order valence-corrected chi connectivity index (χ3v) is 3.76. The Morgan fingerprint density at radius 1 is 0.955 bits per heavy atom. The van der Waals surface area contributed by atoms with Crippen LogP contribution in [0.15, 0.2) is 40.9 Å². The van der Waals surface area contributed by atoms with Gasteiger partial charge in [0.1, 0.15) is 5.75 Å². The number of anilines is 1. The molecule has 0 bridgehead atoms. The van der Waals surface area contributed by atoms with Crippen LogP contribution in [0.2, 0.25) is 0 Å². The van der Waals surface area contributed by atoms with Crippen molar-refractivity contribution in [2.24, 2.45) is 0 Å². The van der Waals surface area contributed by atoms with Crippen LogP contribution in [0.3, 0.4) is 0 Å². The summed E-state index contributed by atoms with van der Waals surface area (Å²) in [6.45, 7) is 0. The normalized spacial score (nSPS) is 10.0. The summed E-state index contributed by atoms with van der Waals surface area (Å²) < 4.78 is 16.5. The van der Waals surface area contributed by atoms with Crippen molar-refractivity contribution < 1.29 is 19.0 Å². The molecule has 0 atom stereocenters. The van der Waals surface area contributed by atoms with Crippen molar-refractivity contribution in [3.8, 4) is 17.2 Å². The summed E-state index contributed by atoms with van der Waals surface area (Å²) in [5, 5.41) is 2.83. The average Bonchev–Trinajstić information content (AvgIpc) is 2.55. The molecule has 0 saturated carbocycles. The summed E-state index contributed by atoms with van der Waals surface area (Å²) in [7, 11) is 4.54. The van der Waals surface area contributed by atoms with Gasteiger partial charge in [0.25, 0.3) is 5.91 Å². The first-order valence-electron chi connectivity index (χ1n) is 6.46. The lowest BCUT2D eigenvalue weighted by Crippen LogP contribution is -2.14. The van der Waals surface area contributed by atoms with E-state index >= 15 is 0 Å². The van der Waals surface area contributed by atoms with Crippen molar-refractivity contribution in [3.63, 3.8) is 0 Å². The number of halogens is 1. The fourth-order valence-corrected chi connectivity index (χ4v) is 2.34. The van der Waals surface area contributed by atoms with E-state index in [1.54, 1.807) is 18.2 Å². The lowest BCUT2D eigenvalue weighted by molar-refractivity contribution is 0.102. The van der Waals surface area contributed by atoms with E-state index in [9.17, 15) is 4.79 Å². The van der Waals surface area contributed by atoms with Crippen LogP contribution in [-0.2, 0) is 0 Å². The fourth-order valence-electron chi connectivity index (χ4n) is 1.96. The molecule has 0 fully saturated rings. The van der Waals surface area contributed by atoms with Crippen molar-refractivity contribution in [1.82, 2.24) is 0 Å². The highest BCUT2D eigenvalue weighted by Crippen LogP contribution is 2.35. The van der Waals surface area contributed by atoms with Gasteiger partial charge in [0.15, 0.2) is 11.5 Å². The van der Waals surface area contributed by atoms with E-state index in [0.29, 0.717) is 28.5 Å². The molecule has 0 aliphatic carbocycles. The van der Waals surface area contributed by atoms with Crippen LogP contribution in [-0.4, -0.2) is 27.2 Å². The van der Waals surface area contributed by atoms with E-state index < -0.39 is 0 Å². The van der Waals surface area contributed by atoms with Crippen LogP contribution < -0.4 is 19.5 Å². The Balaban J connectivity index is 2.38. The fraction of sp³-hybridized carbons (Fsp3) is 0.188. The molecule has 0 heterocycles. The standard InChI is InChI=1S/C16H16BrNO4/c1-20-13-9-15(22-3)14(21-2)8-10(13)16(19)18-12-7-5-4-6-11(12)17/h4-9H,1-3H3,(H,18,19). The second-order valence-electron chi connectivity index (χ2n) is 4.34. The summed E-state index contributed by atoms with van der Waals surface area (Å²) in [4.78, 5) is 12.5. The molecule has 0 spiro atoms. The van der Waals surface area contributed by atoms with Gasteiger partial charge >= 0.3 is 0 Å². The Hall–Kier alpha value is -2.21. The predicted molar refractivity (Wildman–Crippen MR) is 88.2 cm³/mol. The van der Waals surface area contributed by atoms with Gasteiger partial charge in [0.05, 0.1) is 32.6 Å². The van der Waals surface area contributed by atoms with Gasteiger partial charge in [-0.2, -0.15) is 0 Å². The lowest BCUT2D eigenvalue weighted by atomic mass is 10.1. The number of hydrogen-bond acceptors (Lipinski definition) is 4. The highest BCUT2D eigenvalue weighted by Gasteiger charge is 2.18. The molecular formula is C16H16BrNO4. The molecule has 0 radical (unpaired) electrons. The van der Waals surface area contributed by atoms with Crippen molar-refractivity contribution in [3.05, 3.63) is 46.4 Å². The van der Waals surface area contributed by atoms with Crippen LogP contribution in [0.4, 0.5) is 5.69 Å². The number of amides is 1. The van der Waals surface area contributed by atoms with Crippen LogP contribution >= 0.6 is 15.9 Å². The molecule has 1 amide bonds. The number of nitrogens with one attached hydrogen (secondary N) is 1. The molecule has 116 valence electrons. The SMILES string of the molecule is COc1cc(OC)c(C(=O)Nc2ccccc2Br)cc1OC. The highest BCUT2D eigenvalue weighted by atomic mass is 79.9. The maximum absolute atomic E-state index is 12.5. The second-order valence-corrected chi connectivity index (χ2v) is 5.20. The van der Waals surface area contributed by atoms with E-state index in [0.717, 1.165) is 4.47 Å². The number of carbonyl (C=O) groups excluding carboxylic acids is 1. The van der Waals surface area contributed by atoms with E-state index in [2.05, 4.69) is 21.2 Å². The van der Waals surface area contributed by atoms with E-state index in [1.165, 1.54) is 21.3 Å². The predicted octanol–water partition coefficient (Wildman–Crippen LogP) is 3.73. The molecular weight excluding hydrogens is 350 g/mol. The summed E-state index contributed by atoms with van der Waals surface area (Å²) in [6, 6.07) is 10.6. The zero-order chi connectivity index (χ0) is 16.1. The third-order valence-electron chi connectivity index (χ3n) is 3.07. The largest absolute Gasteiger partial charge is 0.496 e. The number of rotatable bonds is 5. The summed E-state index contributed by atoms with van der Waals surface area (Å²) in [6.07, 6.45) is 0. The first-order valence-corrected chi connectivity index (χ1v) is 7.26. The number of hydrogen-bond donors (Lipinski definition) is 1. The van der Waals surface area contributed by atoms with Gasteiger partial charge in [-0.05, 0) is 28.1 Å². The van der Waals surface area contributed by atoms with Crippen molar-refractivity contribution in [2.75, 3.05) is 26.6 Å². The third kappa shape index (κ3) is 3.33. The van der Waals surface area contributed by atoms with Crippen LogP contribution in [0.25, 0.3) is 0 Å². The minimum Gasteiger partial charge on any atom is -0.496 e. The summed E-state index contributed by atoms with van der Waals surface area (Å²) in [5.74, 6) is 1.06.